The van der Waals surface area contributed by atoms with E-state index in [4.69, 9.17) is 0 Å². The van der Waals surface area contributed by atoms with E-state index in [1.54, 1.807) is 0 Å². The average molecular weight is 458 g/mol. The Kier molecular flexibility index (Phi) is 9.56. The summed E-state index contributed by atoms with van der Waals surface area (Å²) in [5.74, 6) is 1.91. The Morgan fingerprint density at radius 1 is 1.09 bits per heavy atom. The van der Waals surface area contributed by atoms with Crippen LogP contribution in [0, 0.1) is 23.2 Å². The zero-order valence-electron chi connectivity index (χ0n) is 22.9. The lowest BCUT2D eigenvalue weighted by Crippen LogP contribution is -2.36. The number of hydrogen-bond donors (Lipinski definition) is 1. The molecular formula is C33H47N. The molecule has 1 nitrogen and oxygen atoms in total. The summed E-state index contributed by atoms with van der Waals surface area (Å²) < 4.78 is 0. The smallest absolute Gasteiger partial charge is 0.0544 e. The number of anilines is 1. The maximum atomic E-state index is 4.40. The predicted molar refractivity (Wildman–Crippen MR) is 153 cm³/mol. The number of rotatable bonds is 11. The molecule has 0 radical (unpaired) electrons. The zero-order valence-corrected chi connectivity index (χ0v) is 22.9. The van der Waals surface area contributed by atoms with Crippen LogP contribution in [-0.4, -0.2) is 6.04 Å². The minimum absolute atomic E-state index is 0.118. The van der Waals surface area contributed by atoms with Gasteiger partial charge in [-0.2, -0.15) is 0 Å². The van der Waals surface area contributed by atoms with Crippen LogP contribution in [0.4, 0.5) is 5.69 Å². The van der Waals surface area contributed by atoms with Crippen molar-refractivity contribution in [2.45, 2.75) is 73.8 Å². The first-order valence-corrected chi connectivity index (χ1v) is 12.8. The van der Waals surface area contributed by atoms with Crippen molar-refractivity contribution in [2.24, 2.45) is 23.2 Å². The van der Waals surface area contributed by atoms with Gasteiger partial charge >= 0.3 is 0 Å². The van der Waals surface area contributed by atoms with Crippen molar-refractivity contribution < 1.29 is 0 Å². The van der Waals surface area contributed by atoms with Crippen molar-refractivity contribution in [3.8, 4) is 0 Å². The summed E-state index contributed by atoms with van der Waals surface area (Å²) >= 11 is 0. The Labute approximate surface area is 210 Å². The van der Waals surface area contributed by atoms with Crippen LogP contribution in [0.1, 0.15) is 73.3 Å². The molecule has 0 bridgehead atoms. The fourth-order valence-electron chi connectivity index (χ4n) is 4.85. The van der Waals surface area contributed by atoms with Gasteiger partial charge in [0.15, 0.2) is 0 Å². The van der Waals surface area contributed by atoms with Gasteiger partial charge in [0.25, 0.3) is 0 Å². The van der Waals surface area contributed by atoms with Gasteiger partial charge in [0.1, 0.15) is 0 Å². The molecule has 34 heavy (non-hydrogen) atoms. The summed E-state index contributed by atoms with van der Waals surface area (Å²) in [6.45, 7) is 30.6. The van der Waals surface area contributed by atoms with E-state index in [1.807, 2.05) is 6.08 Å². The third kappa shape index (κ3) is 6.53. The van der Waals surface area contributed by atoms with Gasteiger partial charge in [-0.15, -0.1) is 0 Å². The Morgan fingerprint density at radius 2 is 1.74 bits per heavy atom. The number of nitrogens with one attached hydrogen (secondary N) is 1. The summed E-state index contributed by atoms with van der Waals surface area (Å²) in [5, 5.41) is 3.97. The van der Waals surface area contributed by atoms with Gasteiger partial charge in [-0.3, -0.25) is 0 Å². The van der Waals surface area contributed by atoms with Gasteiger partial charge in [-0.05, 0) is 53.9 Å². The van der Waals surface area contributed by atoms with Crippen molar-refractivity contribution in [1.29, 1.82) is 0 Å². The van der Waals surface area contributed by atoms with E-state index in [9.17, 15) is 0 Å². The summed E-state index contributed by atoms with van der Waals surface area (Å²) in [6, 6.07) is 9.11. The van der Waals surface area contributed by atoms with Crippen molar-refractivity contribution in [2.75, 3.05) is 5.32 Å². The summed E-state index contributed by atoms with van der Waals surface area (Å²) in [6.07, 6.45) is 11.9. The molecule has 1 heteroatoms. The van der Waals surface area contributed by atoms with Gasteiger partial charge in [-0.25, -0.2) is 0 Å². The van der Waals surface area contributed by atoms with E-state index in [-0.39, 0.29) is 5.41 Å². The molecule has 0 amide bonds. The maximum absolute atomic E-state index is 4.40. The number of hydrogen-bond acceptors (Lipinski definition) is 1. The minimum Gasteiger partial charge on any atom is -0.378 e. The molecule has 0 aromatic heterocycles. The molecule has 1 aromatic carbocycles. The zero-order chi connectivity index (χ0) is 25.6. The Balaban J connectivity index is 2.27. The predicted octanol–water partition coefficient (Wildman–Crippen LogP) is 9.66. The molecule has 3 atom stereocenters. The highest BCUT2D eigenvalue weighted by Crippen LogP contribution is 2.38. The molecule has 2 unspecified atom stereocenters. The molecule has 1 aromatic rings. The highest BCUT2D eigenvalue weighted by atomic mass is 14.9. The third-order valence-electron chi connectivity index (χ3n) is 7.63. The van der Waals surface area contributed by atoms with Crippen molar-refractivity contribution in [3.05, 3.63) is 102 Å². The topological polar surface area (TPSA) is 12.0 Å². The summed E-state index contributed by atoms with van der Waals surface area (Å²) in [4.78, 5) is 0. The number of allylic oxidation sites excluding steroid dienone is 7. The molecule has 0 saturated heterocycles. The monoisotopic (exact) mass is 457 g/mol. The van der Waals surface area contributed by atoms with E-state index in [2.05, 4.69) is 129 Å². The van der Waals surface area contributed by atoms with Gasteiger partial charge in [-0.1, -0.05) is 128 Å². The SMILES string of the molecule is C=CC(=C)C(C)(C)/C(C)=C/C(=C)C[C@@H](C)c1ccccc1NC1C(C(C)C)=CC=CC1C(C)C. The lowest BCUT2D eigenvalue weighted by Gasteiger charge is -2.36. The van der Waals surface area contributed by atoms with Crippen LogP contribution in [0.2, 0.25) is 0 Å². The highest BCUT2D eigenvalue weighted by molar-refractivity contribution is 5.56. The van der Waals surface area contributed by atoms with Gasteiger partial charge in [0.2, 0.25) is 0 Å². The molecule has 0 saturated carbocycles. The summed E-state index contributed by atoms with van der Waals surface area (Å²) in [5.41, 5.74) is 7.40. The average Bonchev–Trinajstić information content (AvgIpc) is 2.78. The minimum atomic E-state index is -0.118. The first-order valence-electron chi connectivity index (χ1n) is 12.8. The van der Waals surface area contributed by atoms with Gasteiger partial charge in [0, 0.05) is 17.0 Å². The van der Waals surface area contributed by atoms with Gasteiger partial charge in [0.05, 0.1) is 6.04 Å². The van der Waals surface area contributed by atoms with Crippen molar-refractivity contribution in [3.63, 3.8) is 0 Å². The van der Waals surface area contributed by atoms with E-state index < -0.39 is 0 Å². The van der Waals surface area contributed by atoms with Crippen LogP contribution in [0.15, 0.2) is 96.7 Å². The first kappa shape index (κ1) is 27.7. The van der Waals surface area contributed by atoms with Crippen LogP contribution in [-0.2, 0) is 0 Å². The van der Waals surface area contributed by atoms with Crippen LogP contribution >= 0.6 is 0 Å². The largest absolute Gasteiger partial charge is 0.378 e. The van der Waals surface area contributed by atoms with Gasteiger partial charge < -0.3 is 5.32 Å². The highest BCUT2D eigenvalue weighted by Gasteiger charge is 2.30. The van der Waals surface area contributed by atoms with E-state index in [0.717, 1.165) is 17.6 Å². The molecule has 0 spiro atoms. The second kappa shape index (κ2) is 11.7. The molecular weight excluding hydrogens is 410 g/mol. The molecule has 0 heterocycles. The third-order valence-corrected chi connectivity index (χ3v) is 7.63. The molecule has 1 N–H and O–H groups in total. The quantitative estimate of drug-likeness (QED) is 0.326. The second-order valence-electron chi connectivity index (χ2n) is 11.2. The molecule has 1 aliphatic carbocycles. The Bertz CT molecular complexity index is 980. The Morgan fingerprint density at radius 3 is 2.32 bits per heavy atom. The Hall–Kier alpha value is -2.54. The molecule has 184 valence electrons. The molecule has 2 rings (SSSR count). The summed E-state index contributed by atoms with van der Waals surface area (Å²) in [7, 11) is 0. The fraction of sp³-hybridized carbons (Fsp3) is 0.455. The standard InChI is InChI=1S/C33H47N/c1-12-26(8)33(10,11)27(9)21-24(6)20-25(7)30-16-13-14-19-31(30)34-32-28(22(2)3)17-15-18-29(32)23(4)5/h12-19,21-23,25,28,32,34H,1,6,8,20H2,2-5,7,9-11H3/b27-21+/t25-,28?,32?/m1/s1. The number of benzene rings is 1. The second-order valence-corrected chi connectivity index (χ2v) is 11.2. The lowest BCUT2D eigenvalue weighted by atomic mass is 9.77. The maximum Gasteiger partial charge on any atom is 0.0544 e. The van der Waals surface area contributed by atoms with Crippen molar-refractivity contribution >= 4 is 5.69 Å². The van der Waals surface area contributed by atoms with Crippen LogP contribution < -0.4 is 5.32 Å². The fourth-order valence-corrected chi connectivity index (χ4v) is 4.85. The lowest BCUT2D eigenvalue weighted by molar-refractivity contribution is 0.412. The number of para-hydroxylation sites is 1. The van der Waals surface area contributed by atoms with Crippen LogP contribution in [0.5, 0.6) is 0 Å². The van der Waals surface area contributed by atoms with E-state index >= 15 is 0 Å². The first-order chi connectivity index (χ1) is 15.9. The normalized spacial score (nSPS) is 19.7. The van der Waals surface area contributed by atoms with Crippen LogP contribution in [0.25, 0.3) is 0 Å². The van der Waals surface area contributed by atoms with E-state index in [1.165, 1.54) is 22.4 Å². The molecule has 0 aliphatic heterocycles. The van der Waals surface area contributed by atoms with Crippen molar-refractivity contribution in [1.82, 2.24) is 0 Å². The molecule has 0 fully saturated rings. The van der Waals surface area contributed by atoms with E-state index in [0.29, 0.717) is 29.7 Å². The van der Waals surface area contributed by atoms with Crippen LogP contribution in [0.3, 0.4) is 0 Å². The molecule has 1 aliphatic rings.